The SMILES string of the molecule is CCNC(C)CN(CC(C)C)C(CC)CC. The Morgan fingerprint density at radius 1 is 0.938 bits per heavy atom. The maximum absolute atomic E-state index is 3.51. The van der Waals surface area contributed by atoms with E-state index in [0.717, 1.165) is 18.5 Å². The first kappa shape index (κ1) is 15.9. The Morgan fingerprint density at radius 2 is 1.50 bits per heavy atom. The van der Waals surface area contributed by atoms with Crippen molar-refractivity contribution in [1.29, 1.82) is 0 Å². The van der Waals surface area contributed by atoms with Gasteiger partial charge in [0.15, 0.2) is 0 Å². The second-order valence-corrected chi connectivity index (χ2v) is 5.28. The van der Waals surface area contributed by atoms with Crippen LogP contribution in [-0.2, 0) is 0 Å². The zero-order chi connectivity index (χ0) is 12.6. The molecule has 0 saturated heterocycles. The topological polar surface area (TPSA) is 15.3 Å². The van der Waals surface area contributed by atoms with E-state index in [1.165, 1.54) is 25.9 Å². The summed E-state index contributed by atoms with van der Waals surface area (Å²) in [4.78, 5) is 2.66. The predicted molar refractivity (Wildman–Crippen MR) is 73.9 cm³/mol. The zero-order valence-electron chi connectivity index (χ0n) is 12.2. The van der Waals surface area contributed by atoms with Crippen molar-refractivity contribution in [3.63, 3.8) is 0 Å². The van der Waals surface area contributed by atoms with Crippen LogP contribution in [0.15, 0.2) is 0 Å². The highest BCUT2D eigenvalue weighted by Gasteiger charge is 2.18. The van der Waals surface area contributed by atoms with Crippen LogP contribution < -0.4 is 5.32 Å². The summed E-state index contributed by atoms with van der Waals surface area (Å²) in [6, 6.07) is 1.35. The van der Waals surface area contributed by atoms with E-state index >= 15 is 0 Å². The molecule has 0 aliphatic carbocycles. The molecule has 1 N–H and O–H groups in total. The average molecular weight is 228 g/mol. The van der Waals surface area contributed by atoms with E-state index in [-0.39, 0.29) is 0 Å². The molecule has 2 nitrogen and oxygen atoms in total. The molecule has 0 rings (SSSR count). The predicted octanol–water partition coefficient (Wildman–Crippen LogP) is 3.13. The molecule has 0 heterocycles. The summed E-state index contributed by atoms with van der Waals surface area (Å²) in [7, 11) is 0. The highest BCUT2D eigenvalue weighted by molar-refractivity contribution is 4.75. The minimum Gasteiger partial charge on any atom is -0.313 e. The fraction of sp³-hybridized carbons (Fsp3) is 1.00. The molecule has 0 saturated carbocycles. The molecule has 0 aliphatic rings. The minimum absolute atomic E-state index is 0.601. The van der Waals surface area contributed by atoms with Gasteiger partial charge in [0.2, 0.25) is 0 Å². The smallest absolute Gasteiger partial charge is 0.0166 e. The molecule has 1 unspecified atom stereocenters. The second-order valence-electron chi connectivity index (χ2n) is 5.28. The quantitative estimate of drug-likeness (QED) is 0.652. The van der Waals surface area contributed by atoms with E-state index in [0.29, 0.717) is 6.04 Å². The summed E-state index contributed by atoms with van der Waals surface area (Å²) in [5.74, 6) is 0.759. The third kappa shape index (κ3) is 6.49. The summed E-state index contributed by atoms with van der Waals surface area (Å²) in [6.45, 7) is 17.2. The fourth-order valence-electron chi connectivity index (χ4n) is 2.41. The third-order valence-electron chi connectivity index (χ3n) is 3.12. The van der Waals surface area contributed by atoms with Gasteiger partial charge in [-0.25, -0.2) is 0 Å². The van der Waals surface area contributed by atoms with Crippen molar-refractivity contribution in [2.45, 2.75) is 66.5 Å². The van der Waals surface area contributed by atoms with E-state index in [2.05, 4.69) is 51.8 Å². The molecule has 1 atom stereocenters. The van der Waals surface area contributed by atoms with Crippen LogP contribution in [0.5, 0.6) is 0 Å². The lowest BCUT2D eigenvalue weighted by Crippen LogP contribution is -2.45. The van der Waals surface area contributed by atoms with E-state index in [1.807, 2.05) is 0 Å². The van der Waals surface area contributed by atoms with Gasteiger partial charge >= 0.3 is 0 Å². The Bertz CT molecular complexity index is 153. The standard InChI is InChI=1S/C14H32N2/c1-7-14(8-2)16(10-12(4)5)11-13(6)15-9-3/h12-15H,7-11H2,1-6H3. The van der Waals surface area contributed by atoms with Crippen molar-refractivity contribution in [2.75, 3.05) is 19.6 Å². The molecular formula is C14H32N2. The lowest BCUT2D eigenvalue weighted by Gasteiger charge is -2.34. The first-order valence-corrected chi connectivity index (χ1v) is 7.02. The number of rotatable bonds is 9. The lowest BCUT2D eigenvalue weighted by atomic mass is 10.1. The molecule has 16 heavy (non-hydrogen) atoms. The Labute approximate surface area is 103 Å². The molecule has 0 amide bonds. The highest BCUT2D eigenvalue weighted by atomic mass is 15.2. The van der Waals surface area contributed by atoms with E-state index in [1.54, 1.807) is 0 Å². The van der Waals surface area contributed by atoms with E-state index < -0.39 is 0 Å². The van der Waals surface area contributed by atoms with Gasteiger partial charge in [-0.05, 0) is 32.2 Å². The van der Waals surface area contributed by atoms with Crippen LogP contribution in [-0.4, -0.2) is 36.6 Å². The lowest BCUT2D eigenvalue weighted by molar-refractivity contribution is 0.152. The molecule has 0 bridgehead atoms. The molecule has 0 spiro atoms. The van der Waals surface area contributed by atoms with Gasteiger partial charge < -0.3 is 5.32 Å². The Balaban J connectivity index is 4.28. The highest BCUT2D eigenvalue weighted by Crippen LogP contribution is 2.12. The molecular weight excluding hydrogens is 196 g/mol. The van der Waals surface area contributed by atoms with E-state index in [9.17, 15) is 0 Å². The van der Waals surface area contributed by atoms with Gasteiger partial charge in [-0.2, -0.15) is 0 Å². The maximum atomic E-state index is 3.51. The van der Waals surface area contributed by atoms with Crippen molar-refractivity contribution in [1.82, 2.24) is 10.2 Å². The van der Waals surface area contributed by atoms with E-state index in [4.69, 9.17) is 0 Å². The number of likely N-dealkylation sites (N-methyl/N-ethyl adjacent to an activating group) is 1. The third-order valence-corrected chi connectivity index (χ3v) is 3.12. The molecule has 0 aromatic carbocycles. The van der Waals surface area contributed by atoms with Crippen LogP contribution in [0.4, 0.5) is 0 Å². The summed E-state index contributed by atoms with van der Waals surface area (Å²) in [5, 5.41) is 3.51. The van der Waals surface area contributed by atoms with Crippen molar-refractivity contribution in [3.05, 3.63) is 0 Å². The number of hydrogen-bond acceptors (Lipinski definition) is 2. The van der Waals surface area contributed by atoms with Crippen LogP contribution in [0.1, 0.15) is 54.4 Å². The van der Waals surface area contributed by atoms with Gasteiger partial charge in [-0.1, -0.05) is 34.6 Å². The summed E-state index contributed by atoms with van der Waals surface area (Å²) < 4.78 is 0. The van der Waals surface area contributed by atoms with Crippen LogP contribution in [0.2, 0.25) is 0 Å². The van der Waals surface area contributed by atoms with Crippen LogP contribution in [0.25, 0.3) is 0 Å². The Hall–Kier alpha value is -0.0800. The minimum atomic E-state index is 0.601. The summed E-state index contributed by atoms with van der Waals surface area (Å²) in [5.41, 5.74) is 0. The van der Waals surface area contributed by atoms with Gasteiger partial charge in [-0.3, -0.25) is 4.90 Å². The summed E-state index contributed by atoms with van der Waals surface area (Å²) >= 11 is 0. The van der Waals surface area contributed by atoms with Crippen molar-refractivity contribution >= 4 is 0 Å². The Kier molecular flexibility index (Phi) is 8.96. The maximum Gasteiger partial charge on any atom is 0.0166 e. The van der Waals surface area contributed by atoms with Crippen LogP contribution >= 0.6 is 0 Å². The first-order chi connectivity index (χ1) is 7.54. The molecule has 0 aromatic rings. The molecule has 0 aliphatic heterocycles. The van der Waals surface area contributed by atoms with Gasteiger partial charge in [0.05, 0.1) is 0 Å². The van der Waals surface area contributed by atoms with Crippen molar-refractivity contribution in [2.24, 2.45) is 5.92 Å². The zero-order valence-corrected chi connectivity index (χ0v) is 12.2. The first-order valence-electron chi connectivity index (χ1n) is 7.02. The number of hydrogen-bond donors (Lipinski definition) is 1. The molecule has 0 aromatic heterocycles. The van der Waals surface area contributed by atoms with Gasteiger partial charge in [0, 0.05) is 25.2 Å². The number of nitrogens with zero attached hydrogens (tertiary/aromatic N) is 1. The van der Waals surface area contributed by atoms with Crippen molar-refractivity contribution in [3.8, 4) is 0 Å². The second kappa shape index (κ2) is 9.00. The van der Waals surface area contributed by atoms with Crippen molar-refractivity contribution < 1.29 is 0 Å². The molecule has 0 radical (unpaired) electrons. The monoisotopic (exact) mass is 228 g/mol. The van der Waals surface area contributed by atoms with Crippen LogP contribution in [0, 0.1) is 5.92 Å². The molecule has 0 fully saturated rings. The van der Waals surface area contributed by atoms with Crippen LogP contribution in [0.3, 0.4) is 0 Å². The number of nitrogens with one attached hydrogen (secondary N) is 1. The molecule has 98 valence electrons. The van der Waals surface area contributed by atoms with Gasteiger partial charge in [0.1, 0.15) is 0 Å². The Morgan fingerprint density at radius 3 is 1.88 bits per heavy atom. The average Bonchev–Trinajstić information content (AvgIpc) is 2.18. The largest absolute Gasteiger partial charge is 0.313 e. The normalized spacial score (nSPS) is 14.1. The molecule has 2 heteroatoms. The van der Waals surface area contributed by atoms with Gasteiger partial charge in [0.25, 0.3) is 0 Å². The fourth-order valence-corrected chi connectivity index (χ4v) is 2.41. The van der Waals surface area contributed by atoms with Gasteiger partial charge in [-0.15, -0.1) is 0 Å². The summed E-state index contributed by atoms with van der Waals surface area (Å²) in [6.07, 6.45) is 2.53.